The summed E-state index contributed by atoms with van der Waals surface area (Å²) in [6.07, 6.45) is 1.80. The van der Waals surface area contributed by atoms with E-state index in [0.29, 0.717) is 0 Å². The summed E-state index contributed by atoms with van der Waals surface area (Å²) >= 11 is 0. The summed E-state index contributed by atoms with van der Waals surface area (Å²) in [5, 5.41) is 11.1. The molecule has 0 unspecified atom stereocenters. The number of cyclic esters (lactones) is 1. The molecule has 17 heavy (non-hydrogen) atoms. The molecule has 0 bridgehead atoms. The predicted octanol–water partition coefficient (Wildman–Crippen LogP) is 1.26. The maximum Gasteiger partial charge on any atom is 0.408 e. The minimum Gasteiger partial charge on any atom is -0.480 e. The highest BCUT2D eigenvalue weighted by atomic mass is 16.6. The third-order valence-corrected chi connectivity index (χ3v) is 2.39. The third kappa shape index (κ3) is 2.63. The van der Waals surface area contributed by atoms with E-state index >= 15 is 0 Å². The number of ether oxygens (including phenoxy) is 1. The van der Waals surface area contributed by atoms with E-state index < -0.39 is 24.2 Å². The van der Waals surface area contributed by atoms with Gasteiger partial charge in [-0.3, -0.25) is 0 Å². The molecule has 88 valence electrons. The summed E-state index contributed by atoms with van der Waals surface area (Å²) in [4.78, 5) is 21.8. The van der Waals surface area contributed by atoms with Gasteiger partial charge in [0.2, 0.25) is 0 Å². The standard InChI is InChI=1S/C12H11NO4/c14-11(15)10-9(17-12(16)13-10)7-6-8-4-2-1-3-5-8/h1-7,9-10H,(H,13,16)(H,14,15)/b7-6+/t9-,10-/m0/s1. The zero-order valence-electron chi connectivity index (χ0n) is 8.87. The Hall–Kier alpha value is -2.30. The monoisotopic (exact) mass is 233 g/mol. The van der Waals surface area contributed by atoms with Crippen molar-refractivity contribution >= 4 is 18.1 Å². The van der Waals surface area contributed by atoms with Gasteiger partial charge in [-0.2, -0.15) is 0 Å². The number of rotatable bonds is 3. The SMILES string of the molecule is O=C1N[C@H](C(=O)O)[C@H](/C=C/c2ccccc2)O1. The smallest absolute Gasteiger partial charge is 0.408 e. The van der Waals surface area contributed by atoms with E-state index in [1.54, 1.807) is 12.2 Å². The van der Waals surface area contributed by atoms with Crippen LogP contribution in [-0.4, -0.2) is 29.3 Å². The highest BCUT2D eigenvalue weighted by Gasteiger charge is 2.37. The van der Waals surface area contributed by atoms with Gasteiger partial charge in [-0.1, -0.05) is 36.4 Å². The van der Waals surface area contributed by atoms with Crippen LogP contribution in [0.2, 0.25) is 0 Å². The lowest BCUT2D eigenvalue weighted by Crippen LogP contribution is -2.38. The van der Waals surface area contributed by atoms with Crippen LogP contribution in [0.4, 0.5) is 4.79 Å². The summed E-state index contributed by atoms with van der Waals surface area (Å²) < 4.78 is 4.84. The lowest BCUT2D eigenvalue weighted by molar-refractivity contribution is -0.139. The summed E-state index contributed by atoms with van der Waals surface area (Å²) in [5.74, 6) is -1.11. The van der Waals surface area contributed by atoms with Crippen LogP contribution in [0.15, 0.2) is 36.4 Å². The Labute approximate surface area is 97.7 Å². The predicted molar refractivity (Wildman–Crippen MR) is 60.3 cm³/mol. The van der Waals surface area contributed by atoms with Crippen molar-refractivity contribution in [3.63, 3.8) is 0 Å². The molecule has 1 fully saturated rings. The Kier molecular flexibility index (Phi) is 3.09. The molecule has 2 rings (SSSR count). The minimum atomic E-state index is -1.11. The molecular weight excluding hydrogens is 222 g/mol. The molecule has 2 atom stereocenters. The normalized spacial score (nSPS) is 23.4. The van der Waals surface area contributed by atoms with Crippen molar-refractivity contribution in [2.45, 2.75) is 12.1 Å². The molecule has 0 saturated carbocycles. The quantitative estimate of drug-likeness (QED) is 0.824. The first-order valence-electron chi connectivity index (χ1n) is 5.10. The van der Waals surface area contributed by atoms with Gasteiger partial charge in [-0.25, -0.2) is 9.59 Å². The first-order chi connectivity index (χ1) is 8.16. The molecule has 1 aromatic rings. The molecule has 1 aliphatic heterocycles. The zero-order valence-corrected chi connectivity index (χ0v) is 8.87. The van der Waals surface area contributed by atoms with Gasteiger partial charge in [0.15, 0.2) is 12.1 Å². The fourth-order valence-electron chi connectivity index (χ4n) is 1.56. The molecule has 0 radical (unpaired) electrons. The van der Waals surface area contributed by atoms with Crippen molar-refractivity contribution in [2.75, 3.05) is 0 Å². The molecule has 1 amide bonds. The topological polar surface area (TPSA) is 75.6 Å². The van der Waals surface area contributed by atoms with E-state index in [1.807, 2.05) is 30.3 Å². The van der Waals surface area contributed by atoms with Gasteiger partial charge in [0, 0.05) is 0 Å². The molecule has 0 aliphatic carbocycles. The fourth-order valence-corrected chi connectivity index (χ4v) is 1.56. The van der Waals surface area contributed by atoms with Gasteiger partial charge in [0.05, 0.1) is 0 Å². The average Bonchev–Trinajstić information content (AvgIpc) is 2.69. The van der Waals surface area contributed by atoms with E-state index in [4.69, 9.17) is 9.84 Å². The van der Waals surface area contributed by atoms with E-state index in [2.05, 4.69) is 5.32 Å². The van der Waals surface area contributed by atoms with Crippen molar-refractivity contribution in [3.8, 4) is 0 Å². The van der Waals surface area contributed by atoms with E-state index in [0.717, 1.165) is 5.56 Å². The van der Waals surface area contributed by atoms with Crippen LogP contribution in [0.1, 0.15) is 5.56 Å². The first kappa shape index (κ1) is 11.2. The highest BCUT2D eigenvalue weighted by Crippen LogP contribution is 2.12. The number of carboxylic acids is 1. The summed E-state index contributed by atoms with van der Waals surface area (Å²) in [5.41, 5.74) is 0.916. The number of benzene rings is 1. The van der Waals surface area contributed by atoms with Crippen LogP contribution >= 0.6 is 0 Å². The van der Waals surface area contributed by atoms with Crippen LogP contribution < -0.4 is 5.32 Å². The molecule has 1 saturated heterocycles. The van der Waals surface area contributed by atoms with E-state index in [1.165, 1.54) is 0 Å². The lowest BCUT2D eigenvalue weighted by atomic mass is 10.1. The number of carbonyl (C=O) groups is 2. The van der Waals surface area contributed by atoms with Crippen molar-refractivity contribution < 1.29 is 19.4 Å². The van der Waals surface area contributed by atoms with Crippen LogP contribution in [0.25, 0.3) is 6.08 Å². The lowest BCUT2D eigenvalue weighted by Gasteiger charge is -2.07. The van der Waals surface area contributed by atoms with Crippen LogP contribution in [-0.2, 0) is 9.53 Å². The molecule has 5 heteroatoms. The summed E-state index contributed by atoms with van der Waals surface area (Å²) in [6, 6.07) is 8.34. The van der Waals surface area contributed by atoms with E-state index in [9.17, 15) is 9.59 Å². The number of alkyl carbamates (subject to hydrolysis) is 1. The Morgan fingerprint density at radius 1 is 1.35 bits per heavy atom. The molecule has 1 heterocycles. The van der Waals surface area contributed by atoms with Gasteiger partial charge < -0.3 is 15.2 Å². The second-order valence-corrected chi connectivity index (χ2v) is 3.60. The van der Waals surface area contributed by atoms with Crippen LogP contribution in [0, 0.1) is 0 Å². The average molecular weight is 233 g/mol. The minimum absolute atomic E-state index is 0.708. The summed E-state index contributed by atoms with van der Waals surface area (Å²) in [7, 11) is 0. The molecule has 5 nitrogen and oxygen atoms in total. The molecule has 2 N–H and O–H groups in total. The Balaban J connectivity index is 2.10. The molecule has 0 aromatic heterocycles. The van der Waals surface area contributed by atoms with Crippen LogP contribution in [0.5, 0.6) is 0 Å². The van der Waals surface area contributed by atoms with Gasteiger partial charge in [0.25, 0.3) is 0 Å². The number of carboxylic acid groups (broad SMARTS) is 1. The summed E-state index contributed by atoms with van der Waals surface area (Å²) in [6.45, 7) is 0. The number of hydrogen-bond donors (Lipinski definition) is 2. The second-order valence-electron chi connectivity index (χ2n) is 3.60. The Bertz CT molecular complexity index is 455. The first-order valence-corrected chi connectivity index (χ1v) is 5.10. The number of nitrogens with one attached hydrogen (secondary N) is 1. The maximum absolute atomic E-state index is 10.9. The van der Waals surface area contributed by atoms with Crippen molar-refractivity contribution in [1.29, 1.82) is 0 Å². The zero-order chi connectivity index (χ0) is 12.3. The van der Waals surface area contributed by atoms with Gasteiger partial charge in [-0.05, 0) is 11.6 Å². The Morgan fingerprint density at radius 2 is 2.06 bits per heavy atom. The number of aliphatic carboxylic acids is 1. The van der Waals surface area contributed by atoms with Crippen molar-refractivity contribution in [2.24, 2.45) is 0 Å². The van der Waals surface area contributed by atoms with Crippen LogP contribution in [0.3, 0.4) is 0 Å². The Morgan fingerprint density at radius 3 is 2.71 bits per heavy atom. The number of amides is 1. The molecule has 0 spiro atoms. The third-order valence-electron chi connectivity index (χ3n) is 2.39. The number of carbonyl (C=O) groups excluding carboxylic acids is 1. The van der Waals surface area contributed by atoms with E-state index in [-0.39, 0.29) is 0 Å². The van der Waals surface area contributed by atoms with Gasteiger partial charge in [0.1, 0.15) is 0 Å². The second kappa shape index (κ2) is 4.69. The molecule has 1 aromatic carbocycles. The van der Waals surface area contributed by atoms with Gasteiger partial charge in [-0.15, -0.1) is 0 Å². The van der Waals surface area contributed by atoms with Gasteiger partial charge >= 0.3 is 12.1 Å². The fraction of sp³-hybridized carbons (Fsp3) is 0.167. The number of hydrogen-bond acceptors (Lipinski definition) is 3. The molecular formula is C12H11NO4. The highest BCUT2D eigenvalue weighted by molar-refractivity contribution is 5.84. The maximum atomic E-state index is 10.9. The largest absolute Gasteiger partial charge is 0.480 e. The van der Waals surface area contributed by atoms with Crippen molar-refractivity contribution in [3.05, 3.63) is 42.0 Å². The molecule has 1 aliphatic rings. The van der Waals surface area contributed by atoms with Crippen molar-refractivity contribution in [1.82, 2.24) is 5.32 Å².